The molecule has 1 aromatic rings. The second kappa shape index (κ2) is 9.64. The number of carbonyl (C=O) groups is 1. The van der Waals surface area contributed by atoms with Gasteiger partial charge in [-0.15, -0.1) is 12.4 Å². The Balaban J connectivity index is 0.00000261. The van der Waals surface area contributed by atoms with Gasteiger partial charge in [0, 0.05) is 13.1 Å². The number of nitrogens with one attached hydrogen (secondary N) is 4. The first kappa shape index (κ1) is 21.8. The first-order chi connectivity index (χ1) is 12.5. The quantitative estimate of drug-likeness (QED) is 0.583. The zero-order valence-electron chi connectivity index (χ0n) is 15.3. The highest BCUT2D eigenvalue weighted by Crippen LogP contribution is 2.30. The number of piperidine rings is 1. The third-order valence-electron chi connectivity index (χ3n) is 5.26. The van der Waals surface area contributed by atoms with Crippen molar-refractivity contribution in [3.63, 3.8) is 0 Å². The van der Waals surface area contributed by atoms with E-state index in [1.807, 2.05) is 0 Å². The van der Waals surface area contributed by atoms with Crippen LogP contribution in [0, 0.1) is 11.3 Å². The Hall–Kier alpha value is -1.48. The molecule has 0 spiro atoms. The summed E-state index contributed by atoms with van der Waals surface area (Å²) in [6, 6.07) is 6.18. The fourth-order valence-electron chi connectivity index (χ4n) is 3.58. The maximum absolute atomic E-state index is 12.7. The molecule has 2 aliphatic rings. The first-order valence-corrected chi connectivity index (χ1v) is 8.98. The number of amides is 1. The Kier molecular flexibility index (Phi) is 7.79. The average molecular weight is 405 g/mol. The second-order valence-corrected chi connectivity index (χ2v) is 7.34. The number of hydrogen-bond donors (Lipinski definition) is 4. The summed E-state index contributed by atoms with van der Waals surface area (Å²) >= 11 is 0. The Bertz CT molecular complexity index is 629. The van der Waals surface area contributed by atoms with Gasteiger partial charge < -0.3 is 15.4 Å². The summed E-state index contributed by atoms with van der Waals surface area (Å²) < 4.78 is 29.3. The van der Waals surface area contributed by atoms with Crippen LogP contribution in [0.3, 0.4) is 0 Å². The molecule has 9 heteroatoms. The molecule has 2 saturated heterocycles. The summed E-state index contributed by atoms with van der Waals surface area (Å²) in [5, 5.41) is 6.42. The summed E-state index contributed by atoms with van der Waals surface area (Å²) in [6.07, 6.45) is 2.07. The largest absolute Gasteiger partial charge is 0.435 e. The predicted molar refractivity (Wildman–Crippen MR) is 101 cm³/mol. The minimum Gasteiger partial charge on any atom is -0.435 e. The van der Waals surface area contributed by atoms with E-state index >= 15 is 0 Å². The molecule has 6 nitrogen and oxygen atoms in total. The number of halogens is 3. The highest BCUT2D eigenvalue weighted by molar-refractivity contribution is 5.85. The Morgan fingerprint density at radius 2 is 2.11 bits per heavy atom. The van der Waals surface area contributed by atoms with Crippen molar-refractivity contribution < 1.29 is 18.3 Å². The van der Waals surface area contributed by atoms with Crippen LogP contribution in [0.5, 0.6) is 5.75 Å². The molecule has 0 aliphatic carbocycles. The third-order valence-corrected chi connectivity index (χ3v) is 5.26. The van der Waals surface area contributed by atoms with Crippen molar-refractivity contribution in [2.24, 2.45) is 11.3 Å². The van der Waals surface area contributed by atoms with Crippen molar-refractivity contribution in [1.29, 1.82) is 0 Å². The smallest absolute Gasteiger partial charge is 0.387 e. The molecule has 152 valence electrons. The molecule has 2 fully saturated rings. The van der Waals surface area contributed by atoms with Gasteiger partial charge in [0.05, 0.1) is 12.0 Å². The highest BCUT2D eigenvalue weighted by atomic mass is 35.5. The molecule has 1 amide bonds. The fraction of sp³-hybridized carbons (Fsp3) is 0.611. The number of alkyl halides is 2. The summed E-state index contributed by atoms with van der Waals surface area (Å²) in [5.41, 5.74) is 6.92. The van der Waals surface area contributed by atoms with Crippen LogP contribution in [-0.4, -0.2) is 38.7 Å². The molecule has 1 aromatic carbocycles. The van der Waals surface area contributed by atoms with Crippen LogP contribution in [0.25, 0.3) is 0 Å². The molecule has 2 aliphatic heterocycles. The maximum Gasteiger partial charge on any atom is 0.387 e. The van der Waals surface area contributed by atoms with Gasteiger partial charge in [0.2, 0.25) is 5.91 Å². The van der Waals surface area contributed by atoms with Crippen LogP contribution in [0.1, 0.15) is 31.4 Å². The van der Waals surface area contributed by atoms with Gasteiger partial charge in [-0.05, 0) is 49.0 Å². The summed E-state index contributed by atoms with van der Waals surface area (Å²) in [5.74, 6) is -0.262. The molecule has 2 heterocycles. The SMILES string of the molecule is CC1(CNC(=O)C2CNNC2c2cccc(OC(F)F)c2)CCNCC1.Cl. The van der Waals surface area contributed by atoms with Crippen LogP contribution >= 0.6 is 12.4 Å². The number of benzene rings is 1. The normalized spacial score (nSPS) is 24.3. The van der Waals surface area contributed by atoms with E-state index in [-0.39, 0.29) is 41.4 Å². The van der Waals surface area contributed by atoms with Crippen molar-refractivity contribution in [2.75, 3.05) is 26.2 Å². The lowest BCUT2D eigenvalue weighted by atomic mass is 9.81. The number of carbonyl (C=O) groups excluding carboxylic acids is 1. The summed E-state index contributed by atoms with van der Waals surface area (Å²) in [6.45, 7) is 2.39. The number of hydrazine groups is 1. The van der Waals surface area contributed by atoms with Crippen molar-refractivity contribution in [1.82, 2.24) is 21.5 Å². The Morgan fingerprint density at radius 3 is 2.81 bits per heavy atom. The van der Waals surface area contributed by atoms with Gasteiger partial charge in [-0.3, -0.25) is 10.2 Å². The molecule has 0 saturated carbocycles. The topological polar surface area (TPSA) is 74.4 Å². The van der Waals surface area contributed by atoms with Crippen LogP contribution in [0.4, 0.5) is 8.78 Å². The van der Waals surface area contributed by atoms with Gasteiger partial charge in [-0.1, -0.05) is 19.1 Å². The van der Waals surface area contributed by atoms with Crippen LogP contribution < -0.4 is 26.2 Å². The number of ether oxygens (including phenoxy) is 1. The van der Waals surface area contributed by atoms with E-state index in [9.17, 15) is 13.6 Å². The van der Waals surface area contributed by atoms with E-state index in [0.717, 1.165) is 31.5 Å². The average Bonchev–Trinajstić information content (AvgIpc) is 3.10. The molecular weight excluding hydrogens is 378 g/mol. The maximum atomic E-state index is 12.7. The van der Waals surface area contributed by atoms with Gasteiger partial charge in [0.25, 0.3) is 0 Å². The Morgan fingerprint density at radius 1 is 1.37 bits per heavy atom. The standard InChI is InChI=1S/C18H26F2N4O2.ClH/c1-18(5-7-21-8-6-18)11-22-16(25)14-10-23-24-15(14)12-3-2-4-13(9-12)26-17(19)20;/h2-4,9,14-15,17,21,23-24H,5-8,10-11H2,1H3,(H,22,25);1H. The molecular formula is C18H27ClF2N4O2. The zero-order chi connectivity index (χ0) is 18.6. The van der Waals surface area contributed by atoms with Crippen LogP contribution in [0.15, 0.2) is 24.3 Å². The lowest BCUT2D eigenvalue weighted by molar-refractivity contribution is -0.125. The second-order valence-electron chi connectivity index (χ2n) is 7.34. The number of hydrogen-bond acceptors (Lipinski definition) is 5. The van der Waals surface area contributed by atoms with Crippen LogP contribution in [-0.2, 0) is 4.79 Å². The van der Waals surface area contributed by atoms with Crippen molar-refractivity contribution in [3.8, 4) is 5.75 Å². The monoisotopic (exact) mass is 404 g/mol. The molecule has 27 heavy (non-hydrogen) atoms. The fourth-order valence-corrected chi connectivity index (χ4v) is 3.58. The molecule has 3 rings (SSSR count). The molecule has 0 radical (unpaired) electrons. The van der Waals surface area contributed by atoms with Gasteiger partial charge >= 0.3 is 6.61 Å². The van der Waals surface area contributed by atoms with E-state index in [4.69, 9.17) is 0 Å². The minimum absolute atomic E-state index is 0. The van der Waals surface area contributed by atoms with Crippen molar-refractivity contribution in [3.05, 3.63) is 29.8 Å². The Labute approximate surface area is 164 Å². The molecule has 0 aromatic heterocycles. The van der Waals surface area contributed by atoms with Gasteiger partial charge in [-0.25, -0.2) is 5.43 Å². The molecule has 0 bridgehead atoms. The lowest BCUT2D eigenvalue weighted by Crippen LogP contribution is -2.45. The summed E-state index contributed by atoms with van der Waals surface area (Å²) in [4.78, 5) is 12.7. The first-order valence-electron chi connectivity index (χ1n) is 8.98. The van der Waals surface area contributed by atoms with Gasteiger partial charge in [0.1, 0.15) is 5.75 Å². The van der Waals surface area contributed by atoms with E-state index in [1.165, 1.54) is 6.07 Å². The van der Waals surface area contributed by atoms with Crippen LogP contribution in [0.2, 0.25) is 0 Å². The van der Waals surface area contributed by atoms with Crippen molar-refractivity contribution in [2.45, 2.75) is 32.4 Å². The zero-order valence-corrected chi connectivity index (χ0v) is 16.1. The van der Waals surface area contributed by atoms with E-state index in [1.54, 1.807) is 18.2 Å². The lowest BCUT2D eigenvalue weighted by Gasteiger charge is -2.34. The molecule has 4 N–H and O–H groups in total. The van der Waals surface area contributed by atoms with E-state index in [0.29, 0.717) is 13.1 Å². The van der Waals surface area contributed by atoms with E-state index in [2.05, 4.69) is 33.1 Å². The molecule has 2 unspecified atom stereocenters. The van der Waals surface area contributed by atoms with Crippen molar-refractivity contribution >= 4 is 18.3 Å². The van der Waals surface area contributed by atoms with Gasteiger partial charge in [0.15, 0.2) is 0 Å². The highest BCUT2D eigenvalue weighted by Gasteiger charge is 2.35. The summed E-state index contributed by atoms with van der Waals surface area (Å²) in [7, 11) is 0. The van der Waals surface area contributed by atoms with E-state index < -0.39 is 6.61 Å². The van der Waals surface area contributed by atoms with Gasteiger partial charge in [-0.2, -0.15) is 8.78 Å². The predicted octanol–water partition coefficient (Wildman–Crippen LogP) is 1.98. The third kappa shape index (κ3) is 5.75. The number of rotatable bonds is 6. The minimum atomic E-state index is -2.87. The molecule has 2 atom stereocenters.